The standard InChI is InChI=1S/C15H12N2O3S/c16-5-6-21-9-14(18)17-13-8-11-4-2-1-3-10(11)7-12(13)15(19)20/h1-4,7-8H,6,9H2,(H,17,18)(H,19,20). The summed E-state index contributed by atoms with van der Waals surface area (Å²) in [6.45, 7) is 0. The Morgan fingerprint density at radius 1 is 1.24 bits per heavy atom. The summed E-state index contributed by atoms with van der Waals surface area (Å²) in [5.74, 6) is -1.09. The third kappa shape index (κ3) is 3.74. The summed E-state index contributed by atoms with van der Waals surface area (Å²) >= 11 is 1.18. The van der Waals surface area contributed by atoms with Crippen molar-refractivity contribution in [3.05, 3.63) is 42.0 Å². The molecule has 0 spiro atoms. The summed E-state index contributed by atoms with van der Waals surface area (Å²) in [7, 11) is 0. The molecule has 0 unspecified atom stereocenters. The minimum absolute atomic E-state index is 0.0485. The van der Waals surface area contributed by atoms with Gasteiger partial charge in [0.1, 0.15) is 0 Å². The fourth-order valence-electron chi connectivity index (χ4n) is 1.90. The number of carboxylic acids is 1. The van der Waals surface area contributed by atoms with Crippen molar-refractivity contribution in [2.45, 2.75) is 0 Å². The SMILES string of the molecule is N#CCSCC(=O)Nc1cc2ccccc2cc1C(=O)O. The van der Waals surface area contributed by atoms with Crippen LogP contribution in [0.2, 0.25) is 0 Å². The number of hydrogen-bond acceptors (Lipinski definition) is 4. The number of nitrogens with zero attached hydrogens (tertiary/aromatic N) is 1. The fraction of sp³-hybridized carbons (Fsp3) is 0.133. The van der Waals surface area contributed by atoms with Gasteiger partial charge in [-0.15, -0.1) is 11.8 Å². The second-order valence-electron chi connectivity index (χ2n) is 4.25. The molecule has 5 nitrogen and oxygen atoms in total. The summed E-state index contributed by atoms with van der Waals surface area (Å²) in [5, 5.41) is 21.9. The predicted octanol–water partition coefficient (Wildman–Crippen LogP) is 2.73. The molecule has 2 aromatic rings. The first-order valence-electron chi connectivity index (χ1n) is 6.12. The van der Waals surface area contributed by atoms with Crippen LogP contribution >= 0.6 is 11.8 Å². The second kappa shape index (κ2) is 6.77. The summed E-state index contributed by atoms with van der Waals surface area (Å²) < 4.78 is 0. The lowest BCUT2D eigenvalue weighted by atomic mass is 10.0. The second-order valence-corrected chi connectivity index (χ2v) is 5.23. The maximum Gasteiger partial charge on any atom is 0.337 e. The van der Waals surface area contributed by atoms with Gasteiger partial charge in [-0.05, 0) is 22.9 Å². The van der Waals surface area contributed by atoms with Gasteiger partial charge in [-0.25, -0.2) is 4.79 Å². The summed E-state index contributed by atoms with van der Waals surface area (Å²) in [6, 6.07) is 12.4. The van der Waals surface area contributed by atoms with Gasteiger partial charge in [0.15, 0.2) is 0 Å². The van der Waals surface area contributed by atoms with E-state index in [1.165, 1.54) is 17.8 Å². The van der Waals surface area contributed by atoms with E-state index in [4.69, 9.17) is 5.26 Å². The van der Waals surface area contributed by atoms with Gasteiger partial charge < -0.3 is 10.4 Å². The number of amides is 1. The molecule has 0 saturated carbocycles. The van der Waals surface area contributed by atoms with Gasteiger partial charge in [0.25, 0.3) is 0 Å². The van der Waals surface area contributed by atoms with Crippen molar-refractivity contribution < 1.29 is 14.7 Å². The van der Waals surface area contributed by atoms with Crippen molar-refractivity contribution >= 4 is 40.1 Å². The van der Waals surface area contributed by atoms with E-state index in [0.717, 1.165) is 10.8 Å². The lowest BCUT2D eigenvalue weighted by Gasteiger charge is -2.10. The average molecular weight is 300 g/mol. The van der Waals surface area contributed by atoms with E-state index in [2.05, 4.69) is 5.32 Å². The number of fused-ring (bicyclic) bond motifs is 1. The van der Waals surface area contributed by atoms with Crippen LogP contribution in [-0.4, -0.2) is 28.5 Å². The smallest absolute Gasteiger partial charge is 0.337 e. The van der Waals surface area contributed by atoms with Gasteiger partial charge in [0.2, 0.25) is 5.91 Å². The molecule has 0 aliphatic heterocycles. The van der Waals surface area contributed by atoms with Gasteiger partial charge in [-0.3, -0.25) is 4.79 Å². The number of carbonyl (C=O) groups excluding carboxylic acids is 1. The number of rotatable bonds is 5. The third-order valence-corrected chi connectivity index (χ3v) is 3.59. The molecule has 6 heteroatoms. The van der Waals surface area contributed by atoms with Crippen molar-refractivity contribution in [1.29, 1.82) is 5.26 Å². The Hall–Kier alpha value is -2.52. The van der Waals surface area contributed by atoms with Gasteiger partial charge >= 0.3 is 5.97 Å². The van der Waals surface area contributed by atoms with Crippen LogP contribution < -0.4 is 5.32 Å². The molecule has 0 aliphatic rings. The minimum Gasteiger partial charge on any atom is -0.478 e. The topological polar surface area (TPSA) is 90.2 Å². The highest BCUT2D eigenvalue weighted by Crippen LogP contribution is 2.24. The van der Waals surface area contributed by atoms with Crippen molar-refractivity contribution in [3.8, 4) is 6.07 Å². The molecular weight excluding hydrogens is 288 g/mol. The van der Waals surface area contributed by atoms with Crippen LogP contribution in [-0.2, 0) is 4.79 Å². The Kier molecular flexibility index (Phi) is 4.80. The largest absolute Gasteiger partial charge is 0.478 e. The lowest BCUT2D eigenvalue weighted by molar-refractivity contribution is -0.113. The average Bonchev–Trinajstić information content (AvgIpc) is 2.46. The van der Waals surface area contributed by atoms with Crippen LogP contribution in [0, 0.1) is 11.3 Å². The number of carbonyl (C=O) groups is 2. The number of carboxylic acid groups (broad SMARTS) is 1. The molecule has 0 atom stereocenters. The highest BCUT2D eigenvalue weighted by Gasteiger charge is 2.13. The van der Waals surface area contributed by atoms with Crippen molar-refractivity contribution in [1.82, 2.24) is 0 Å². The maximum absolute atomic E-state index is 11.8. The van der Waals surface area contributed by atoms with Crippen molar-refractivity contribution in [2.75, 3.05) is 16.8 Å². The molecule has 0 fully saturated rings. The Bertz CT molecular complexity index is 737. The Labute approximate surface area is 125 Å². The van der Waals surface area contributed by atoms with Crippen molar-refractivity contribution in [3.63, 3.8) is 0 Å². The van der Waals surface area contributed by atoms with E-state index in [9.17, 15) is 14.7 Å². The van der Waals surface area contributed by atoms with E-state index < -0.39 is 5.97 Å². The highest BCUT2D eigenvalue weighted by molar-refractivity contribution is 8.00. The summed E-state index contributed by atoms with van der Waals surface area (Å²) in [6.07, 6.45) is 0. The number of thioether (sulfide) groups is 1. The van der Waals surface area contributed by atoms with E-state index in [0.29, 0.717) is 0 Å². The zero-order valence-electron chi connectivity index (χ0n) is 11.0. The van der Waals surface area contributed by atoms with Crippen LogP contribution in [0.1, 0.15) is 10.4 Å². The molecule has 0 heterocycles. The molecule has 0 aromatic heterocycles. The molecule has 0 aliphatic carbocycles. The molecule has 21 heavy (non-hydrogen) atoms. The maximum atomic E-state index is 11.8. The number of anilines is 1. The fourth-order valence-corrected chi connectivity index (χ4v) is 2.35. The predicted molar refractivity (Wildman–Crippen MR) is 82.5 cm³/mol. The van der Waals surface area contributed by atoms with E-state index in [1.807, 2.05) is 30.3 Å². The molecule has 0 bridgehead atoms. The Morgan fingerprint density at radius 2 is 1.90 bits per heavy atom. The number of nitriles is 1. The monoisotopic (exact) mass is 300 g/mol. The molecule has 2 N–H and O–H groups in total. The molecule has 2 aromatic carbocycles. The van der Waals surface area contributed by atoms with E-state index in [1.54, 1.807) is 6.07 Å². The Balaban J connectivity index is 2.29. The quantitative estimate of drug-likeness (QED) is 0.829. The first-order chi connectivity index (χ1) is 10.1. The molecule has 106 valence electrons. The number of aromatic carboxylic acids is 1. The van der Waals surface area contributed by atoms with E-state index in [-0.39, 0.29) is 28.7 Å². The lowest BCUT2D eigenvalue weighted by Crippen LogP contribution is -2.16. The highest BCUT2D eigenvalue weighted by atomic mass is 32.2. The van der Waals surface area contributed by atoms with Crippen LogP contribution in [0.4, 0.5) is 5.69 Å². The molecule has 0 saturated heterocycles. The minimum atomic E-state index is -1.10. The van der Waals surface area contributed by atoms with Crippen molar-refractivity contribution in [2.24, 2.45) is 0 Å². The van der Waals surface area contributed by atoms with Crippen LogP contribution in [0.25, 0.3) is 10.8 Å². The Morgan fingerprint density at radius 3 is 2.52 bits per heavy atom. The van der Waals surface area contributed by atoms with Crippen LogP contribution in [0.15, 0.2) is 36.4 Å². The molecule has 2 rings (SSSR count). The molecule has 1 amide bonds. The zero-order chi connectivity index (χ0) is 15.2. The first-order valence-corrected chi connectivity index (χ1v) is 7.28. The van der Waals surface area contributed by atoms with E-state index >= 15 is 0 Å². The van der Waals surface area contributed by atoms with Crippen LogP contribution in [0.3, 0.4) is 0 Å². The first kappa shape index (κ1) is 14.9. The number of benzene rings is 2. The summed E-state index contributed by atoms with van der Waals surface area (Å²) in [5.41, 5.74) is 0.316. The zero-order valence-corrected chi connectivity index (χ0v) is 11.8. The third-order valence-electron chi connectivity index (χ3n) is 2.79. The number of nitrogens with one attached hydrogen (secondary N) is 1. The molecular formula is C15H12N2O3S. The normalized spacial score (nSPS) is 10.0. The summed E-state index contributed by atoms with van der Waals surface area (Å²) in [4.78, 5) is 23.1. The number of hydrogen-bond donors (Lipinski definition) is 2. The molecule has 0 radical (unpaired) electrons. The van der Waals surface area contributed by atoms with Crippen LogP contribution in [0.5, 0.6) is 0 Å². The van der Waals surface area contributed by atoms with Gasteiger partial charge in [-0.1, -0.05) is 24.3 Å². The van der Waals surface area contributed by atoms with Gasteiger partial charge in [0, 0.05) is 0 Å². The van der Waals surface area contributed by atoms with Gasteiger partial charge in [0.05, 0.1) is 28.8 Å². The van der Waals surface area contributed by atoms with Gasteiger partial charge in [-0.2, -0.15) is 5.26 Å².